The smallest absolute Gasteiger partial charge is 0.332 e. The molecule has 1 aliphatic heterocycles. The van der Waals surface area contributed by atoms with Crippen molar-refractivity contribution in [3.05, 3.63) is 0 Å². The molecule has 0 aromatic rings. The molecule has 0 aromatic heterocycles. The number of ether oxygens (including phenoxy) is 2. The minimum atomic E-state index is -1.54. The third-order valence-electron chi connectivity index (χ3n) is 2.95. The summed E-state index contributed by atoms with van der Waals surface area (Å²) < 4.78 is 10.1. The Labute approximate surface area is 120 Å². The molecule has 1 rings (SSSR count). The number of hydrogen-bond acceptors (Lipinski definition) is 7. The molecule has 0 aromatic carbocycles. The molecule has 10 heteroatoms. The van der Waals surface area contributed by atoms with Crippen LogP contribution in [0.25, 0.3) is 0 Å². The van der Waals surface area contributed by atoms with Crippen LogP contribution in [0.3, 0.4) is 0 Å². The van der Waals surface area contributed by atoms with Crippen molar-refractivity contribution in [3.63, 3.8) is 0 Å². The number of hydrogen-bond donors (Lipinski definition) is 5. The van der Waals surface area contributed by atoms with E-state index in [1.807, 2.05) is 0 Å². The fourth-order valence-corrected chi connectivity index (χ4v) is 1.93. The normalized spacial score (nSPS) is 33.7. The molecule has 0 bridgehead atoms. The monoisotopic (exact) mass is 311 g/mol. The van der Waals surface area contributed by atoms with Gasteiger partial charge in [0.05, 0.1) is 6.61 Å². The van der Waals surface area contributed by atoms with Gasteiger partial charge in [0.2, 0.25) is 5.91 Å². The van der Waals surface area contributed by atoms with Crippen LogP contribution in [0.5, 0.6) is 0 Å². The van der Waals surface area contributed by atoms with Gasteiger partial charge in [-0.25, -0.2) is 4.79 Å². The number of aliphatic hydroxyl groups excluding tert-OH is 3. The standard InChI is InChI=1S/C11H19NO8.H2O/c1-4(10(16)17)19-9-7(12-5(2)14)11(18)20-6(3-13)8(9)15;/h4,6-9,11,13,15,18H,3H2,1-2H3,(H,12,14)(H,16,17);1H2/t4-,6+,7+,8+,9+,11+;/m1./s1. The number of carbonyl (C=O) groups is 2. The first kappa shape index (κ1) is 19.7. The number of carboxylic acid groups (broad SMARTS) is 1. The number of nitrogens with one attached hydrogen (secondary N) is 1. The lowest BCUT2D eigenvalue weighted by atomic mass is 9.96. The summed E-state index contributed by atoms with van der Waals surface area (Å²) in [7, 11) is 0. The molecule has 6 atom stereocenters. The molecule has 0 saturated carbocycles. The molecule has 1 saturated heterocycles. The second-order valence-corrected chi connectivity index (χ2v) is 4.55. The van der Waals surface area contributed by atoms with E-state index in [-0.39, 0.29) is 5.48 Å². The summed E-state index contributed by atoms with van der Waals surface area (Å²) in [5.74, 6) is -1.77. The second-order valence-electron chi connectivity index (χ2n) is 4.55. The first-order valence-electron chi connectivity index (χ1n) is 6.05. The van der Waals surface area contributed by atoms with Gasteiger partial charge in [-0.05, 0) is 6.92 Å². The van der Waals surface area contributed by atoms with Gasteiger partial charge in [-0.15, -0.1) is 0 Å². The fraction of sp³-hybridized carbons (Fsp3) is 0.818. The van der Waals surface area contributed by atoms with Crippen LogP contribution in [-0.2, 0) is 19.1 Å². The number of amides is 1. The third kappa shape index (κ3) is 4.88. The van der Waals surface area contributed by atoms with E-state index in [0.29, 0.717) is 0 Å². The highest BCUT2D eigenvalue weighted by molar-refractivity contribution is 5.73. The Morgan fingerprint density at radius 2 is 1.95 bits per heavy atom. The Hall–Kier alpha value is -1.30. The van der Waals surface area contributed by atoms with Crippen LogP contribution in [-0.4, -0.2) is 81.1 Å². The number of aliphatic carboxylic acids is 1. The molecule has 124 valence electrons. The summed E-state index contributed by atoms with van der Waals surface area (Å²) in [6.45, 7) is 1.84. The van der Waals surface area contributed by atoms with Crippen molar-refractivity contribution < 1.29 is 45.0 Å². The lowest BCUT2D eigenvalue weighted by Crippen LogP contribution is -2.65. The Balaban J connectivity index is 0.00000400. The van der Waals surface area contributed by atoms with E-state index in [9.17, 15) is 19.8 Å². The van der Waals surface area contributed by atoms with E-state index in [0.717, 1.165) is 0 Å². The molecule has 0 unspecified atom stereocenters. The molecule has 0 radical (unpaired) electrons. The summed E-state index contributed by atoms with van der Waals surface area (Å²) in [6, 6.07) is -1.15. The lowest BCUT2D eigenvalue weighted by Gasteiger charge is -2.42. The average molecular weight is 311 g/mol. The maximum atomic E-state index is 11.1. The zero-order chi connectivity index (χ0) is 15.4. The van der Waals surface area contributed by atoms with Gasteiger partial charge in [0.15, 0.2) is 12.4 Å². The van der Waals surface area contributed by atoms with E-state index >= 15 is 0 Å². The van der Waals surface area contributed by atoms with Gasteiger partial charge < -0.3 is 40.7 Å². The fourth-order valence-electron chi connectivity index (χ4n) is 1.93. The Morgan fingerprint density at radius 1 is 1.38 bits per heavy atom. The third-order valence-corrected chi connectivity index (χ3v) is 2.95. The van der Waals surface area contributed by atoms with Crippen LogP contribution in [0.15, 0.2) is 0 Å². The molecular weight excluding hydrogens is 290 g/mol. The van der Waals surface area contributed by atoms with Gasteiger partial charge in [0.1, 0.15) is 24.4 Å². The van der Waals surface area contributed by atoms with E-state index in [1.54, 1.807) is 0 Å². The predicted molar refractivity (Wildman–Crippen MR) is 67.2 cm³/mol. The molecule has 1 amide bonds. The largest absolute Gasteiger partial charge is 0.479 e. The maximum Gasteiger partial charge on any atom is 0.332 e. The molecule has 1 aliphatic rings. The molecule has 1 heterocycles. The summed E-state index contributed by atoms with van der Waals surface area (Å²) in [5, 5.41) is 40.0. The van der Waals surface area contributed by atoms with E-state index < -0.39 is 55.2 Å². The van der Waals surface area contributed by atoms with E-state index in [1.165, 1.54) is 13.8 Å². The van der Waals surface area contributed by atoms with Crippen molar-refractivity contribution in [2.75, 3.05) is 6.61 Å². The molecule has 10 nitrogen and oxygen atoms in total. The molecule has 7 N–H and O–H groups in total. The van der Waals surface area contributed by atoms with Crippen molar-refractivity contribution in [2.24, 2.45) is 0 Å². The quantitative estimate of drug-likeness (QED) is 0.348. The summed E-state index contributed by atoms with van der Waals surface area (Å²) in [5.41, 5.74) is 0. The molecular formula is C11H21NO9. The Bertz CT molecular complexity index is 364. The van der Waals surface area contributed by atoms with Crippen LogP contribution >= 0.6 is 0 Å². The van der Waals surface area contributed by atoms with Crippen LogP contribution in [0.4, 0.5) is 0 Å². The zero-order valence-electron chi connectivity index (χ0n) is 11.6. The summed E-state index contributed by atoms with van der Waals surface area (Å²) in [6.07, 6.45) is -6.57. The number of rotatable bonds is 5. The number of carbonyl (C=O) groups excluding carboxylic acids is 1. The summed E-state index contributed by atoms with van der Waals surface area (Å²) >= 11 is 0. The molecule has 0 spiro atoms. The van der Waals surface area contributed by atoms with Crippen molar-refractivity contribution in [2.45, 2.75) is 50.6 Å². The van der Waals surface area contributed by atoms with Crippen LogP contribution in [0, 0.1) is 0 Å². The van der Waals surface area contributed by atoms with E-state index in [4.69, 9.17) is 19.7 Å². The highest BCUT2D eigenvalue weighted by atomic mass is 16.6. The van der Waals surface area contributed by atoms with Crippen molar-refractivity contribution in [1.29, 1.82) is 0 Å². The van der Waals surface area contributed by atoms with Crippen molar-refractivity contribution in [1.82, 2.24) is 5.32 Å². The average Bonchev–Trinajstić information content (AvgIpc) is 2.36. The van der Waals surface area contributed by atoms with Gasteiger partial charge in [0.25, 0.3) is 0 Å². The Morgan fingerprint density at radius 3 is 2.38 bits per heavy atom. The van der Waals surface area contributed by atoms with Gasteiger partial charge in [-0.3, -0.25) is 4.79 Å². The first-order valence-corrected chi connectivity index (χ1v) is 6.05. The molecule has 0 aliphatic carbocycles. The topological polar surface area (TPSA) is 177 Å². The number of carboxylic acids is 1. The summed E-state index contributed by atoms with van der Waals surface area (Å²) in [4.78, 5) is 21.9. The zero-order valence-corrected chi connectivity index (χ0v) is 11.6. The van der Waals surface area contributed by atoms with Gasteiger partial charge in [-0.1, -0.05) is 0 Å². The lowest BCUT2D eigenvalue weighted by molar-refractivity contribution is -0.267. The molecule has 21 heavy (non-hydrogen) atoms. The number of aliphatic hydroxyl groups is 3. The maximum absolute atomic E-state index is 11.1. The molecule has 1 fully saturated rings. The SMILES string of the molecule is CC(=O)N[C@H]1[C@H](O[C@H](C)C(=O)O)[C@@H](O)[C@H](CO)O[C@@H]1O.O. The van der Waals surface area contributed by atoms with Gasteiger partial charge in [-0.2, -0.15) is 0 Å². The highest BCUT2D eigenvalue weighted by Crippen LogP contribution is 2.23. The van der Waals surface area contributed by atoms with Crippen LogP contribution in [0.2, 0.25) is 0 Å². The minimum Gasteiger partial charge on any atom is -0.479 e. The van der Waals surface area contributed by atoms with E-state index in [2.05, 4.69) is 5.32 Å². The highest BCUT2D eigenvalue weighted by Gasteiger charge is 2.46. The van der Waals surface area contributed by atoms with Gasteiger partial charge in [0, 0.05) is 6.92 Å². The van der Waals surface area contributed by atoms with Crippen molar-refractivity contribution in [3.8, 4) is 0 Å². The predicted octanol–water partition coefficient (Wildman–Crippen LogP) is -3.40. The minimum absolute atomic E-state index is 0. The van der Waals surface area contributed by atoms with Crippen molar-refractivity contribution >= 4 is 11.9 Å². The van der Waals surface area contributed by atoms with Crippen LogP contribution in [0.1, 0.15) is 13.8 Å². The first-order chi connectivity index (χ1) is 9.27. The second kappa shape index (κ2) is 8.22. The van der Waals surface area contributed by atoms with Gasteiger partial charge >= 0.3 is 5.97 Å². The van der Waals surface area contributed by atoms with Crippen LogP contribution < -0.4 is 5.32 Å². The Kier molecular flexibility index (Phi) is 7.71.